The van der Waals surface area contributed by atoms with Crippen LogP contribution in [0.2, 0.25) is 0 Å². The van der Waals surface area contributed by atoms with Crippen LogP contribution >= 0.6 is 0 Å². The van der Waals surface area contributed by atoms with Crippen LogP contribution in [0.4, 0.5) is 0 Å². The molecule has 0 saturated carbocycles. The fourth-order valence-electron chi connectivity index (χ4n) is 9.39. The van der Waals surface area contributed by atoms with Crippen LogP contribution in [0.5, 0.6) is 0 Å². The molecule has 0 aromatic carbocycles. The largest absolute Gasteiger partial charge is 0.440 e. The van der Waals surface area contributed by atoms with Gasteiger partial charge in [-0.15, -0.1) is 0 Å². The van der Waals surface area contributed by atoms with Crippen LogP contribution in [0.25, 0.3) is 0 Å². The van der Waals surface area contributed by atoms with Gasteiger partial charge >= 0.3 is 5.97 Å². The number of unbranched alkanes of at least 4 members (excludes halogenated alkanes) is 42. The summed E-state index contributed by atoms with van der Waals surface area (Å²) in [7, 11) is 0. The van der Waals surface area contributed by atoms with Crippen molar-refractivity contribution in [3.8, 4) is 0 Å². The van der Waals surface area contributed by atoms with Crippen LogP contribution < -0.4 is 0 Å². The Morgan fingerprint density at radius 3 is 0.730 bits per heavy atom. The second kappa shape index (κ2) is 48.7. The molecule has 0 aliphatic heterocycles. The third kappa shape index (κ3) is 37.5. The highest BCUT2D eigenvalue weighted by atomic mass is 16.6. The molecule has 6 nitrogen and oxygen atoms in total. The summed E-state index contributed by atoms with van der Waals surface area (Å²) in [4.78, 5) is 41.3. The van der Waals surface area contributed by atoms with Gasteiger partial charge in [-0.05, 0) is 19.3 Å². The van der Waals surface area contributed by atoms with E-state index in [1.54, 1.807) is 0 Å². The van der Waals surface area contributed by atoms with E-state index in [0.29, 0.717) is 19.3 Å². The second-order valence-corrected chi connectivity index (χ2v) is 19.9. The summed E-state index contributed by atoms with van der Waals surface area (Å²) in [6.45, 7) is 5.99. The van der Waals surface area contributed by atoms with E-state index in [4.69, 9.17) is 4.74 Å². The first-order valence-electron chi connectivity index (χ1n) is 28.5. The van der Waals surface area contributed by atoms with Gasteiger partial charge < -0.3 is 14.9 Å². The van der Waals surface area contributed by atoms with Crippen molar-refractivity contribution in [3.63, 3.8) is 0 Å². The van der Waals surface area contributed by atoms with E-state index >= 15 is 0 Å². The minimum atomic E-state index is -2.31. The fraction of sp³-hybridized carbons (Fsp3) is 0.947. The minimum Gasteiger partial charge on any atom is -0.440 e. The molecular weight excluding hydrogens is 781 g/mol. The summed E-state index contributed by atoms with van der Waals surface area (Å²) in [5, 5.41) is 21.3. The van der Waals surface area contributed by atoms with Crippen molar-refractivity contribution in [1.82, 2.24) is 0 Å². The maximum absolute atomic E-state index is 14.0. The number of Topliss-reactive ketones (excluding diaryl/α,β-unsaturated/α-hetero) is 2. The van der Waals surface area contributed by atoms with Crippen molar-refractivity contribution < 1.29 is 29.3 Å². The molecule has 0 aromatic rings. The smallest absolute Gasteiger partial charge is 0.307 e. The Morgan fingerprint density at radius 2 is 0.524 bits per heavy atom. The zero-order valence-corrected chi connectivity index (χ0v) is 42.8. The number of ether oxygens (including phenoxy) is 1. The molecule has 0 saturated heterocycles. The molecule has 0 spiro atoms. The third-order valence-corrected chi connectivity index (χ3v) is 13.7. The van der Waals surface area contributed by atoms with Gasteiger partial charge in [0.05, 0.1) is 6.61 Å². The van der Waals surface area contributed by atoms with Crippen LogP contribution in [0, 0.1) is 0 Å². The minimum absolute atomic E-state index is 0.0617. The lowest BCUT2D eigenvalue weighted by Crippen LogP contribution is -2.60. The summed E-state index contributed by atoms with van der Waals surface area (Å²) in [6.07, 6.45) is 53.2. The van der Waals surface area contributed by atoms with Crippen LogP contribution in [-0.2, 0) is 19.1 Å². The average molecular weight is 892 g/mol. The zero-order valence-electron chi connectivity index (χ0n) is 42.8. The number of aliphatic hydroxyl groups is 2. The topological polar surface area (TPSA) is 101 Å². The molecule has 0 fully saturated rings. The highest BCUT2D eigenvalue weighted by Gasteiger charge is 2.53. The Balaban J connectivity index is 4.83. The molecule has 6 heteroatoms. The number of hydrogen-bond donors (Lipinski definition) is 2. The van der Waals surface area contributed by atoms with Gasteiger partial charge in [0.25, 0.3) is 5.60 Å². The number of aliphatic hydroxyl groups excluding tert-OH is 2. The van der Waals surface area contributed by atoms with Gasteiger partial charge in [-0.25, -0.2) is 0 Å². The lowest BCUT2D eigenvalue weighted by Gasteiger charge is -2.34. The molecule has 0 aromatic heterocycles. The van der Waals surface area contributed by atoms with E-state index in [2.05, 4.69) is 20.8 Å². The number of ketones is 2. The normalized spacial score (nSPS) is 12.3. The van der Waals surface area contributed by atoms with E-state index in [0.717, 1.165) is 57.8 Å². The first-order valence-corrected chi connectivity index (χ1v) is 28.5. The molecule has 1 atom stereocenters. The highest BCUT2D eigenvalue weighted by Crippen LogP contribution is 2.28. The number of hydrogen-bond acceptors (Lipinski definition) is 6. The maximum atomic E-state index is 14.0. The standard InChI is InChI=1S/C57H110O6/c1-4-7-10-13-16-19-22-25-28-31-34-37-40-43-46-49-53(59)57(55(61)52-58,54(60)50-47-44-41-38-35-32-29-26-23-20-17-14-11-8-5-2)63-56(62)51-48-45-42-39-36-33-30-27-24-21-18-15-12-9-6-3/h55,58,61H,4-52H2,1-3H3. The van der Waals surface area contributed by atoms with Crippen molar-refractivity contribution in [3.05, 3.63) is 0 Å². The number of carbonyl (C=O) groups excluding carboxylic acids is 3. The number of esters is 1. The van der Waals surface area contributed by atoms with Crippen LogP contribution in [0.15, 0.2) is 0 Å². The first kappa shape index (κ1) is 61.7. The van der Waals surface area contributed by atoms with Gasteiger partial charge in [0, 0.05) is 19.3 Å². The summed E-state index contributed by atoms with van der Waals surface area (Å²) >= 11 is 0. The molecule has 0 heterocycles. The predicted octanol–water partition coefficient (Wildman–Crippen LogP) is 17.5. The predicted molar refractivity (Wildman–Crippen MR) is 271 cm³/mol. The number of carbonyl (C=O) groups is 3. The Hall–Kier alpha value is -1.27. The molecule has 1 unspecified atom stereocenters. The lowest BCUT2D eigenvalue weighted by molar-refractivity contribution is -0.188. The highest BCUT2D eigenvalue weighted by molar-refractivity contribution is 6.12. The summed E-state index contributed by atoms with van der Waals surface area (Å²) < 4.78 is 5.83. The van der Waals surface area contributed by atoms with Crippen LogP contribution in [0.1, 0.15) is 329 Å². The van der Waals surface area contributed by atoms with Crippen LogP contribution in [0.3, 0.4) is 0 Å². The zero-order chi connectivity index (χ0) is 46.2. The molecule has 0 rings (SSSR count). The van der Waals surface area contributed by atoms with Gasteiger partial charge in [0.1, 0.15) is 6.10 Å². The maximum Gasteiger partial charge on any atom is 0.307 e. The van der Waals surface area contributed by atoms with E-state index in [9.17, 15) is 24.6 Å². The molecule has 0 amide bonds. The molecule has 0 aliphatic rings. The molecule has 63 heavy (non-hydrogen) atoms. The van der Waals surface area contributed by atoms with E-state index < -0.39 is 35.8 Å². The van der Waals surface area contributed by atoms with Gasteiger partial charge in [-0.3, -0.25) is 14.4 Å². The van der Waals surface area contributed by atoms with E-state index in [1.165, 1.54) is 212 Å². The van der Waals surface area contributed by atoms with E-state index in [-0.39, 0.29) is 19.3 Å². The second-order valence-electron chi connectivity index (χ2n) is 19.9. The molecule has 2 N–H and O–H groups in total. The van der Waals surface area contributed by atoms with Crippen molar-refractivity contribution in [2.75, 3.05) is 6.61 Å². The first-order chi connectivity index (χ1) is 30.9. The Morgan fingerprint density at radius 1 is 0.333 bits per heavy atom. The van der Waals surface area contributed by atoms with Crippen molar-refractivity contribution in [2.45, 2.75) is 341 Å². The third-order valence-electron chi connectivity index (χ3n) is 13.7. The average Bonchev–Trinajstić information content (AvgIpc) is 3.28. The van der Waals surface area contributed by atoms with Gasteiger partial charge in [0.2, 0.25) is 0 Å². The van der Waals surface area contributed by atoms with E-state index in [1.807, 2.05) is 0 Å². The SMILES string of the molecule is CCCCCCCCCCCCCCCCCC(=O)OC(C(=O)CCCCCCCCCCCCCCCCC)(C(=O)CCCCCCCCCCCCCCCCC)C(O)CO. The molecule has 0 aliphatic carbocycles. The van der Waals surface area contributed by atoms with Crippen molar-refractivity contribution >= 4 is 17.5 Å². The van der Waals surface area contributed by atoms with Gasteiger partial charge in [-0.2, -0.15) is 0 Å². The quantitative estimate of drug-likeness (QED) is 0.0358. The van der Waals surface area contributed by atoms with Crippen LogP contribution in [-0.4, -0.2) is 46.1 Å². The summed E-state index contributed by atoms with van der Waals surface area (Å²) in [5.41, 5.74) is -2.31. The summed E-state index contributed by atoms with van der Waals surface area (Å²) in [5.74, 6) is -1.71. The van der Waals surface area contributed by atoms with Crippen molar-refractivity contribution in [2.24, 2.45) is 0 Å². The number of rotatable bonds is 53. The molecule has 0 radical (unpaired) electrons. The Kier molecular flexibility index (Phi) is 47.7. The summed E-state index contributed by atoms with van der Waals surface area (Å²) in [6, 6.07) is 0. The van der Waals surface area contributed by atoms with Crippen molar-refractivity contribution in [1.29, 1.82) is 0 Å². The van der Waals surface area contributed by atoms with Gasteiger partial charge in [-0.1, -0.05) is 290 Å². The Labute approximate surface area is 392 Å². The monoisotopic (exact) mass is 891 g/mol. The molecular formula is C57H110O6. The fourth-order valence-corrected chi connectivity index (χ4v) is 9.39. The molecule has 374 valence electrons. The molecule has 0 bridgehead atoms. The lowest BCUT2D eigenvalue weighted by atomic mass is 9.82. The van der Waals surface area contributed by atoms with Gasteiger partial charge in [0.15, 0.2) is 11.6 Å². The Bertz CT molecular complexity index is 934.